The lowest BCUT2D eigenvalue weighted by molar-refractivity contribution is -0.122. The second-order valence-corrected chi connectivity index (χ2v) is 8.56. The van der Waals surface area contributed by atoms with Crippen molar-refractivity contribution in [1.29, 1.82) is 0 Å². The van der Waals surface area contributed by atoms with E-state index < -0.39 is 24.5 Å². The van der Waals surface area contributed by atoms with E-state index in [4.69, 9.17) is 9.47 Å². The summed E-state index contributed by atoms with van der Waals surface area (Å²) in [7, 11) is 0. The summed E-state index contributed by atoms with van der Waals surface area (Å²) in [4.78, 5) is 63.4. The summed E-state index contributed by atoms with van der Waals surface area (Å²) in [6, 6.07) is 12.2. The van der Waals surface area contributed by atoms with E-state index in [2.05, 4.69) is 5.32 Å². The molecule has 2 atom stereocenters. The molecule has 0 bridgehead atoms. The van der Waals surface area contributed by atoms with Gasteiger partial charge in [0.2, 0.25) is 11.8 Å². The first kappa shape index (κ1) is 24.8. The summed E-state index contributed by atoms with van der Waals surface area (Å²) in [5.41, 5.74) is 1.20. The van der Waals surface area contributed by atoms with Crippen LogP contribution >= 0.6 is 0 Å². The summed E-state index contributed by atoms with van der Waals surface area (Å²) < 4.78 is 10.2. The highest BCUT2D eigenvalue weighted by molar-refractivity contribution is 6.22. The van der Waals surface area contributed by atoms with Gasteiger partial charge >= 0.3 is 11.9 Å². The molecule has 0 saturated carbocycles. The van der Waals surface area contributed by atoms with Crippen LogP contribution in [0.2, 0.25) is 0 Å². The van der Waals surface area contributed by atoms with Gasteiger partial charge in [-0.2, -0.15) is 0 Å². The zero-order chi connectivity index (χ0) is 25.7. The first-order valence-corrected chi connectivity index (χ1v) is 11.8. The summed E-state index contributed by atoms with van der Waals surface area (Å²) in [6.07, 6.45) is 5.58. The smallest absolute Gasteiger partial charge is 0.338 e. The third-order valence-electron chi connectivity index (χ3n) is 6.02. The molecule has 4 rings (SSSR count). The number of fused-ring (bicyclic) bond motifs is 1. The minimum Gasteiger partial charge on any atom is -0.462 e. The third kappa shape index (κ3) is 5.35. The quantitative estimate of drug-likeness (QED) is 0.342. The van der Waals surface area contributed by atoms with Gasteiger partial charge in [-0.1, -0.05) is 25.1 Å². The van der Waals surface area contributed by atoms with Crippen LogP contribution < -0.4 is 10.2 Å². The molecule has 36 heavy (non-hydrogen) atoms. The Labute approximate surface area is 208 Å². The predicted octanol–water partition coefficient (Wildman–Crippen LogP) is 3.50. The maximum absolute atomic E-state index is 12.8. The summed E-state index contributed by atoms with van der Waals surface area (Å²) >= 11 is 0. The van der Waals surface area contributed by atoms with E-state index in [1.54, 1.807) is 24.3 Å². The van der Waals surface area contributed by atoms with Crippen LogP contribution in [0.4, 0.5) is 11.4 Å². The van der Waals surface area contributed by atoms with E-state index >= 15 is 0 Å². The van der Waals surface area contributed by atoms with Gasteiger partial charge in [-0.25, -0.2) is 9.59 Å². The number of hydrogen-bond acceptors (Lipinski definition) is 7. The van der Waals surface area contributed by atoms with E-state index in [1.165, 1.54) is 24.3 Å². The molecule has 9 nitrogen and oxygen atoms in total. The number of benzene rings is 2. The number of esters is 2. The van der Waals surface area contributed by atoms with E-state index in [-0.39, 0.29) is 29.2 Å². The van der Waals surface area contributed by atoms with Gasteiger partial charge in [0, 0.05) is 5.69 Å². The van der Waals surface area contributed by atoms with Crippen molar-refractivity contribution in [3.63, 3.8) is 0 Å². The topological polar surface area (TPSA) is 119 Å². The molecule has 1 saturated heterocycles. The van der Waals surface area contributed by atoms with Crippen molar-refractivity contribution in [2.75, 3.05) is 23.4 Å². The van der Waals surface area contributed by atoms with Gasteiger partial charge in [-0.15, -0.1) is 0 Å². The Bertz CT molecular complexity index is 1190. The molecule has 1 fully saturated rings. The lowest BCUT2D eigenvalue weighted by Crippen LogP contribution is -2.31. The number of ether oxygens (including phenoxy) is 2. The van der Waals surface area contributed by atoms with Crippen molar-refractivity contribution in [3.8, 4) is 0 Å². The van der Waals surface area contributed by atoms with Crippen LogP contribution in [-0.4, -0.2) is 42.9 Å². The molecule has 2 aliphatic rings. The molecular weight excluding hydrogens is 464 g/mol. The Morgan fingerprint density at radius 3 is 2.17 bits per heavy atom. The highest BCUT2D eigenvalue weighted by atomic mass is 16.5. The van der Waals surface area contributed by atoms with Gasteiger partial charge in [0.1, 0.15) is 0 Å². The Morgan fingerprint density at radius 1 is 0.889 bits per heavy atom. The van der Waals surface area contributed by atoms with E-state index in [0.29, 0.717) is 36.4 Å². The molecule has 9 heteroatoms. The monoisotopic (exact) mass is 490 g/mol. The first-order chi connectivity index (χ1) is 17.4. The predicted molar refractivity (Wildman–Crippen MR) is 130 cm³/mol. The fourth-order valence-electron chi connectivity index (χ4n) is 4.21. The number of allylic oxidation sites excluding steroid dienone is 2. The highest BCUT2D eigenvalue weighted by Gasteiger charge is 2.47. The van der Waals surface area contributed by atoms with Crippen LogP contribution in [0.1, 0.15) is 46.9 Å². The average molecular weight is 491 g/mol. The van der Waals surface area contributed by atoms with Crippen LogP contribution in [0, 0.1) is 11.8 Å². The minimum absolute atomic E-state index is 0.115. The van der Waals surface area contributed by atoms with Gasteiger partial charge in [0.05, 0.1) is 35.3 Å². The summed E-state index contributed by atoms with van der Waals surface area (Å²) in [5, 5.41) is 2.58. The van der Waals surface area contributed by atoms with Crippen molar-refractivity contribution in [2.24, 2.45) is 11.8 Å². The number of imide groups is 1. The molecule has 1 N–H and O–H groups in total. The number of amides is 3. The Hall–Kier alpha value is -4.27. The zero-order valence-electron chi connectivity index (χ0n) is 19.8. The van der Waals surface area contributed by atoms with Crippen molar-refractivity contribution in [2.45, 2.75) is 26.2 Å². The van der Waals surface area contributed by atoms with Crippen LogP contribution in [0.15, 0.2) is 60.7 Å². The van der Waals surface area contributed by atoms with E-state index in [0.717, 1.165) is 11.3 Å². The number of nitrogens with one attached hydrogen (secondary N) is 1. The van der Waals surface area contributed by atoms with Crippen molar-refractivity contribution < 1.29 is 33.4 Å². The van der Waals surface area contributed by atoms with Crippen molar-refractivity contribution >= 4 is 41.0 Å². The first-order valence-electron chi connectivity index (χ1n) is 11.8. The summed E-state index contributed by atoms with van der Waals surface area (Å²) in [5.74, 6) is -3.08. The Balaban J connectivity index is 1.33. The molecule has 3 amide bonds. The van der Waals surface area contributed by atoms with E-state index in [9.17, 15) is 24.0 Å². The molecule has 2 aromatic rings. The zero-order valence-corrected chi connectivity index (χ0v) is 19.8. The fourth-order valence-corrected chi connectivity index (χ4v) is 4.21. The normalized spacial score (nSPS) is 18.5. The average Bonchev–Trinajstić information content (AvgIpc) is 3.16. The van der Waals surface area contributed by atoms with Gasteiger partial charge < -0.3 is 14.8 Å². The number of carbonyl (C=O) groups excluding carboxylic acids is 5. The van der Waals surface area contributed by atoms with Crippen LogP contribution in [-0.2, 0) is 23.9 Å². The van der Waals surface area contributed by atoms with Crippen molar-refractivity contribution in [3.05, 3.63) is 71.8 Å². The minimum atomic E-state index is -0.765. The Kier molecular flexibility index (Phi) is 7.58. The molecule has 186 valence electrons. The number of rotatable bonds is 8. The highest BCUT2D eigenvalue weighted by Crippen LogP contribution is 2.37. The number of anilines is 2. The second kappa shape index (κ2) is 11.0. The van der Waals surface area contributed by atoms with E-state index in [1.807, 2.05) is 19.1 Å². The van der Waals surface area contributed by atoms with Crippen molar-refractivity contribution in [1.82, 2.24) is 0 Å². The molecular formula is C27H26N2O7. The standard InChI is InChI=1S/C27H26N2O7/c1-2-14-35-26(33)17-10-12-19(13-11-17)28-23(30)16-36-27(34)18-6-5-7-20(15-18)29-24(31)21-8-3-4-9-22(21)25(29)32/h3-7,10-13,15,21-22H,2,8-9,14,16H2,1H3,(H,28,30)/t21-,22+. The third-order valence-corrected chi connectivity index (χ3v) is 6.02. The lowest BCUT2D eigenvalue weighted by Gasteiger charge is -2.15. The molecule has 0 aromatic heterocycles. The number of nitrogens with zero attached hydrogens (tertiary/aromatic N) is 1. The SMILES string of the molecule is CCCOC(=O)c1ccc(NC(=O)COC(=O)c2cccc(N3C(=O)[C@H]4CC=CC[C@H]4C3=O)c2)cc1. The molecule has 2 aromatic carbocycles. The fraction of sp³-hybridized carbons (Fsp3) is 0.296. The van der Waals surface area contributed by atoms with Gasteiger partial charge in [0.15, 0.2) is 6.61 Å². The number of carbonyl (C=O) groups is 5. The molecule has 1 aliphatic heterocycles. The number of hydrogen-bond donors (Lipinski definition) is 1. The largest absolute Gasteiger partial charge is 0.462 e. The van der Waals surface area contributed by atoms with Gasteiger partial charge in [0.25, 0.3) is 5.91 Å². The van der Waals surface area contributed by atoms with Crippen LogP contribution in [0.5, 0.6) is 0 Å². The molecule has 0 unspecified atom stereocenters. The summed E-state index contributed by atoms with van der Waals surface area (Å²) in [6.45, 7) is 1.68. The lowest BCUT2D eigenvalue weighted by atomic mass is 9.85. The molecule has 0 radical (unpaired) electrons. The Morgan fingerprint density at radius 2 is 1.53 bits per heavy atom. The van der Waals surface area contributed by atoms with Crippen LogP contribution in [0.25, 0.3) is 0 Å². The van der Waals surface area contributed by atoms with Gasteiger partial charge in [-0.3, -0.25) is 19.3 Å². The van der Waals surface area contributed by atoms with Gasteiger partial charge in [-0.05, 0) is 61.7 Å². The maximum Gasteiger partial charge on any atom is 0.338 e. The maximum atomic E-state index is 12.8. The molecule has 1 aliphatic carbocycles. The molecule has 0 spiro atoms. The second-order valence-electron chi connectivity index (χ2n) is 8.56. The molecule has 1 heterocycles. The van der Waals surface area contributed by atoms with Crippen LogP contribution in [0.3, 0.4) is 0 Å².